The first-order valence-corrected chi connectivity index (χ1v) is 15.2. The van der Waals surface area contributed by atoms with Crippen LogP contribution in [0.15, 0.2) is 36.4 Å². The molecule has 0 saturated carbocycles. The highest BCUT2D eigenvalue weighted by atomic mass is 16.4. The summed E-state index contributed by atoms with van der Waals surface area (Å²) in [5.41, 5.74) is 7.53. The first-order valence-electron chi connectivity index (χ1n) is 15.2. The van der Waals surface area contributed by atoms with Crippen molar-refractivity contribution in [2.75, 3.05) is 44.2 Å². The van der Waals surface area contributed by atoms with Crippen molar-refractivity contribution in [3.05, 3.63) is 69.9 Å². The Morgan fingerprint density at radius 2 is 1.81 bits per heavy atom. The highest BCUT2D eigenvalue weighted by Gasteiger charge is 2.41. The van der Waals surface area contributed by atoms with Gasteiger partial charge in [0.25, 0.3) is 0 Å². The zero-order chi connectivity index (χ0) is 29.2. The molecule has 2 aromatic carbocycles. The van der Waals surface area contributed by atoms with Gasteiger partial charge in [0.05, 0.1) is 17.2 Å². The fourth-order valence-electron chi connectivity index (χ4n) is 7.72. The van der Waals surface area contributed by atoms with Gasteiger partial charge in [0, 0.05) is 71.0 Å². The molecule has 0 bridgehead atoms. The third kappa shape index (κ3) is 4.21. The van der Waals surface area contributed by atoms with Gasteiger partial charge in [-0.2, -0.15) is 5.26 Å². The Balaban J connectivity index is 1.33. The normalized spacial score (nSPS) is 20.8. The fourth-order valence-corrected chi connectivity index (χ4v) is 7.72. The molecule has 7 rings (SSSR count). The maximum atomic E-state index is 14.3. The van der Waals surface area contributed by atoms with Crippen LogP contribution in [0.5, 0.6) is 0 Å². The van der Waals surface area contributed by atoms with Crippen LogP contribution in [0.3, 0.4) is 0 Å². The molecular weight excluding hydrogens is 526 g/mol. The van der Waals surface area contributed by atoms with E-state index in [-0.39, 0.29) is 5.78 Å². The molecule has 8 heteroatoms. The van der Waals surface area contributed by atoms with Gasteiger partial charge in [-0.25, -0.2) is 4.79 Å². The molecule has 8 nitrogen and oxygen atoms in total. The van der Waals surface area contributed by atoms with Crippen molar-refractivity contribution >= 4 is 34.0 Å². The van der Waals surface area contributed by atoms with E-state index in [1.807, 2.05) is 18.2 Å². The quantitative estimate of drug-likeness (QED) is 0.421. The summed E-state index contributed by atoms with van der Waals surface area (Å²) in [5.74, 6) is -0.000559. The van der Waals surface area contributed by atoms with Gasteiger partial charge >= 0.3 is 6.09 Å². The molecule has 0 unspecified atom stereocenters. The Kier molecular flexibility index (Phi) is 6.39. The number of amides is 1. The standard InChI is InChI=1S/C34H37N5O3/c1-34(2)27-19-29(38-15-9-23(10-16-38)37-11-3-4-12-37)25(22-7-13-39(14-8-22)33(41)42)18-26(27)31(40)30-24-6-5-21(20-35)17-28(24)36-32(30)34/h5-7,17-19,23,36H,3-4,8-16H2,1-2H3,(H,41,42). The highest BCUT2D eigenvalue weighted by Crippen LogP contribution is 2.47. The van der Waals surface area contributed by atoms with Crippen LogP contribution in [0.4, 0.5) is 10.5 Å². The van der Waals surface area contributed by atoms with Gasteiger partial charge < -0.3 is 24.8 Å². The molecule has 216 valence electrons. The number of fused-ring (bicyclic) bond motifs is 4. The van der Waals surface area contributed by atoms with E-state index in [9.17, 15) is 20.0 Å². The number of carbonyl (C=O) groups excluding carboxylic acids is 1. The number of nitrogens with one attached hydrogen (secondary N) is 1. The van der Waals surface area contributed by atoms with Crippen LogP contribution >= 0.6 is 0 Å². The average molecular weight is 564 g/mol. The minimum absolute atomic E-state index is 0.000559. The molecule has 4 heterocycles. The minimum atomic E-state index is -0.900. The monoisotopic (exact) mass is 563 g/mol. The van der Waals surface area contributed by atoms with Gasteiger partial charge in [0.2, 0.25) is 0 Å². The number of aromatic amines is 1. The summed E-state index contributed by atoms with van der Waals surface area (Å²) in [5, 5.41) is 19.8. The topological polar surface area (TPSA) is 104 Å². The van der Waals surface area contributed by atoms with Gasteiger partial charge in [0.1, 0.15) is 0 Å². The second-order valence-electron chi connectivity index (χ2n) is 12.8. The van der Waals surface area contributed by atoms with E-state index >= 15 is 0 Å². The summed E-state index contributed by atoms with van der Waals surface area (Å²) >= 11 is 0. The van der Waals surface area contributed by atoms with Crippen molar-refractivity contribution in [2.45, 2.75) is 57.4 Å². The average Bonchev–Trinajstić information content (AvgIpc) is 3.69. The number of piperidine rings is 1. The van der Waals surface area contributed by atoms with Crippen molar-refractivity contribution in [3.63, 3.8) is 0 Å². The molecule has 3 aliphatic heterocycles. The molecule has 1 aromatic heterocycles. The van der Waals surface area contributed by atoms with Gasteiger partial charge in [-0.3, -0.25) is 4.79 Å². The van der Waals surface area contributed by atoms with Crippen LogP contribution in [0.2, 0.25) is 0 Å². The molecule has 2 fully saturated rings. The Labute approximate surface area is 246 Å². The minimum Gasteiger partial charge on any atom is -0.465 e. The molecule has 0 radical (unpaired) electrons. The molecule has 0 atom stereocenters. The summed E-state index contributed by atoms with van der Waals surface area (Å²) in [6.07, 6.45) is 6.59. The number of rotatable bonds is 3. The number of ketones is 1. The van der Waals surface area contributed by atoms with Gasteiger partial charge in [-0.05, 0) is 80.6 Å². The Hall–Kier alpha value is -4.09. The van der Waals surface area contributed by atoms with Crippen molar-refractivity contribution in [3.8, 4) is 6.07 Å². The third-order valence-electron chi connectivity index (χ3n) is 10.1. The van der Waals surface area contributed by atoms with E-state index in [0.29, 0.717) is 42.2 Å². The number of carboxylic acid groups (broad SMARTS) is 1. The largest absolute Gasteiger partial charge is 0.465 e. The zero-order valence-corrected chi connectivity index (χ0v) is 24.4. The molecular formula is C34H37N5O3. The second-order valence-corrected chi connectivity index (χ2v) is 12.8. The number of hydrogen-bond donors (Lipinski definition) is 2. The number of nitrogens with zero attached hydrogens (tertiary/aromatic N) is 4. The summed E-state index contributed by atoms with van der Waals surface area (Å²) in [4.78, 5) is 36.0. The summed E-state index contributed by atoms with van der Waals surface area (Å²) < 4.78 is 0. The molecule has 2 saturated heterocycles. The fraction of sp³-hybridized carbons (Fsp3) is 0.441. The lowest BCUT2D eigenvalue weighted by Gasteiger charge is -2.40. The maximum Gasteiger partial charge on any atom is 0.407 e. The molecule has 2 N–H and O–H groups in total. The van der Waals surface area contributed by atoms with E-state index in [0.717, 1.165) is 64.9 Å². The maximum absolute atomic E-state index is 14.3. The Morgan fingerprint density at radius 3 is 2.48 bits per heavy atom. The second kappa shape index (κ2) is 10.0. The number of anilines is 1. The SMILES string of the molecule is CC1(C)c2cc(N3CCC(N4CCCC4)CC3)c(C3=CCN(C(=O)O)CC3)cc2C(=O)c2c1[nH]c1cc(C#N)ccc21. The van der Waals surface area contributed by atoms with Crippen molar-refractivity contribution in [1.82, 2.24) is 14.8 Å². The van der Waals surface area contributed by atoms with Crippen LogP contribution in [-0.2, 0) is 5.41 Å². The number of benzene rings is 2. The lowest BCUT2D eigenvalue weighted by atomic mass is 9.70. The molecule has 1 aliphatic carbocycles. The Bertz CT molecular complexity index is 1680. The van der Waals surface area contributed by atoms with Crippen molar-refractivity contribution < 1.29 is 14.7 Å². The highest BCUT2D eigenvalue weighted by molar-refractivity contribution is 6.20. The zero-order valence-electron chi connectivity index (χ0n) is 24.4. The van der Waals surface area contributed by atoms with Crippen LogP contribution in [0.1, 0.15) is 84.3 Å². The summed E-state index contributed by atoms with van der Waals surface area (Å²) in [6.45, 7) is 9.49. The van der Waals surface area contributed by atoms with Crippen LogP contribution in [0, 0.1) is 11.3 Å². The van der Waals surface area contributed by atoms with E-state index in [1.54, 1.807) is 6.07 Å². The predicted molar refractivity (Wildman–Crippen MR) is 163 cm³/mol. The predicted octanol–water partition coefficient (Wildman–Crippen LogP) is 5.74. The first kappa shape index (κ1) is 26.8. The summed E-state index contributed by atoms with van der Waals surface area (Å²) in [7, 11) is 0. The van der Waals surface area contributed by atoms with Crippen molar-refractivity contribution in [2.24, 2.45) is 0 Å². The van der Waals surface area contributed by atoms with E-state index in [4.69, 9.17) is 0 Å². The molecule has 1 amide bonds. The van der Waals surface area contributed by atoms with E-state index in [2.05, 4.69) is 46.8 Å². The number of hydrogen-bond acceptors (Lipinski definition) is 5. The smallest absolute Gasteiger partial charge is 0.407 e. The number of carbonyl (C=O) groups is 2. The number of aromatic nitrogens is 1. The van der Waals surface area contributed by atoms with E-state index < -0.39 is 11.5 Å². The lowest BCUT2D eigenvalue weighted by molar-refractivity contribution is 0.103. The van der Waals surface area contributed by atoms with Crippen molar-refractivity contribution in [1.29, 1.82) is 5.26 Å². The Morgan fingerprint density at radius 1 is 1.05 bits per heavy atom. The molecule has 4 aliphatic rings. The third-order valence-corrected chi connectivity index (χ3v) is 10.1. The molecule has 3 aromatic rings. The van der Waals surface area contributed by atoms with Gasteiger partial charge in [-0.15, -0.1) is 0 Å². The van der Waals surface area contributed by atoms with Crippen LogP contribution in [0.25, 0.3) is 16.5 Å². The number of H-pyrrole nitrogens is 1. The number of likely N-dealkylation sites (tertiary alicyclic amines) is 1. The first-order chi connectivity index (χ1) is 20.3. The molecule has 42 heavy (non-hydrogen) atoms. The van der Waals surface area contributed by atoms with Crippen LogP contribution < -0.4 is 4.90 Å². The van der Waals surface area contributed by atoms with Gasteiger partial charge in [0.15, 0.2) is 5.78 Å². The lowest BCUT2D eigenvalue weighted by Crippen LogP contribution is -2.44. The van der Waals surface area contributed by atoms with Crippen LogP contribution in [-0.4, -0.2) is 77.1 Å². The van der Waals surface area contributed by atoms with E-state index in [1.165, 1.54) is 30.8 Å². The van der Waals surface area contributed by atoms with Gasteiger partial charge in [-0.1, -0.05) is 26.0 Å². The molecule has 0 spiro atoms. The number of nitriles is 1. The summed E-state index contributed by atoms with van der Waals surface area (Å²) in [6, 6.07) is 12.7.